The molecule has 1 aliphatic rings. The van der Waals surface area contributed by atoms with Crippen molar-refractivity contribution in [2.24, 2.45) is 5.92 Å². The number of rotatable bonds is 3. The first kappa shape index (κ1) is 39.6. The first-order valence-electron chi connectivity index (χ1n) is 12.9. The molecule has 0 N–H and O–H groups in total. The molecule has 42 heavy (non-hydrogen) atoms. The normalized spacial score (nSPS) is 12.9. The molecule has 0 aromatic heterocycles. The van der Waals surface area contributed by atoms with Crippen molar-refractivity contribution in [3.05, 3.63) is 153 Å². The summed E-state index contributed by atoms with van der Waals surface area (Å²) in [5, 5.41) is 2.60. The van der Waals surface area contributed by atoms with E-state index in [0.717, 1.165) is 0 Å². The molecule has 5 aromatic carbocycles. The molecule has 0 fully saturated rings. The number of allylic oxidation sites excluding steroid dienone is 4. The Balaban J connectivity index is 0.000000969. The molecule has 0 aliphatic heterocycles. The van der Waals surface area contributed by atoms with Gasteiger partial charge in [-0.1, -0.05) is 111 Å². The predicted molar refractivity (Wildman–Crippen MR) is 189 cm³/mol. The van der Waals surface area contributed by atoms with Crippen LogP contribution in [0.25, 0.3) is 44.2 Å². The zero-order valence-electron chi connectivity index (χ0n) is 25.4. The zero-order chi connectivity index (χ0) is 27.1. The standard InChI is InChI=1S/C27H19.C9H13.2CH3.2ClH.Si.Zr/c1-3-9-20(10-4-1)23-17-24(21-11-5-2-6-12-21)19-25(18-23)27-16-15-22-13-7-8-14-26(22)27;1-6-5-7(2)9(4)8(6)3;;;;;;/h1-19H;6H,1-4H3;2*1H3;2*1H;;/q4*-1;;;;. The summed E-state index contributed by atoms with van der Waals surface area (Å²) in [7, 11) is 0. The number of halogens is 2. The van der Waals surface area contributed by atoms with Crippen LogP contribution < -0.4 is 0 Å². The van der Waals surface area contributed by atoms with E-state index < -0.39 is 0 Å². The van der Waals surface area contributed by atoms with Gasteiger partial charge in [-0.15, -0.1) is 78.4 Å². The molecule has 218 valence electrons. The van der Waals surface area contributed by atoms with Gasteiger partial charge in [-0.05, 0) is 28.3 Å². The summed E-state index contributed by atoms with van der Waals surface area (Å²) in [4.78, 5) is 0. The zero-order valence-corrected chi connectivity index (χ0v) is 30.5. The Bertz CT molecular complexity index is 1530. The van der Waals surface area contributed by atoms with E-state index in [1.807, 2.05) is 0 Å². The Morgan fingerprint density at radius 3 is 1.52 bits per heavy atom. The summed E-state index contributed by atoms with van der Waals surface area (Å²) in [6.45, 7) is 11.7. The van der Waals surface area contributed by atoms with E-state index in [2.05, 4.69) is 156 Å². The van der Waals surface area contributed by atoms with E-state index in [4.69, 9.17) is 0 Å². The molecule has 1 aliphatic carbocycles. The van der Waals surface area contributed by atoms with Gasteiger partial charge < -0.3 is 14.9 Å². The maximum atomic E-state index is 3.36. The summed E-state index contributed by atoms with van der Waals surface area (Å²) in [6, 6.07) is 41.2. The van der Waals surface area contributed by atoms with Crippen LogP contribution in [0, 0.1) is 26.8 Å². The van der Waals surface area contributed by atoms with E-state index in [1.54, 1.807) is 0 Å². The van der Waals surface area contributed by atoms with Crippen molar-refractivity contribution in [2.45, 2.75) is 27.7 Å². The van der Waals surface area contributed by atoms with Gasteiger partial charge in [0.1, 0.15) is 0 Å². The third kappa shape index (κ3) is 9.32. The molecule has 0 heterocycles. The monoisotopic (exact) mass is 684 g/mol. The van der Waals surface area contributed by atoms with Crippen LogP contribution in [0.15, 0.2) is 132 Å². The van der Waals surface area contributed by atoms with Crippen molar-refractivity contribution >= 4 is 42.5 Å². The molecule has 0 nitrogen and oxygen atoms in total. The van der Waals surface area contributed by atoms with Gasteiger partial charge in [-0.2, -0.15) is 11.1 Å². The van der Waals surface area contributed by atoms with E-state index in [0.29, 0.717) is 5.92 Å². The minimum atomic E-state index is 0. The fraction of sp³-hybridized carbons (Fsp3) is 0.132. The number of benzene rings is 4. The largest absolute Gasteiger partial charge is 0.150 e. The van der Waals surface area contributed by atoms with E-state index >= 15 is 0 Å². The van der Waals surface area contributed by atoms with Crippen molar-refractivity contribution in [3.8, 4) is 33.4 Å². The molecular weight excluding hydrogens is 647 g/mol. The number of hydrogen-bond donors (Lipinski definition) is 0. The molecule has 2 radical (unpaired) electrons. The molecule has 0 saturated carbocycles. The number of hydrogen-bond acceptors (Lipinski definition) is 0. The fourth-order valence-electron chi connectivity index (χ4n) is 4.94. The van der Waals surface area contributed by atoms with Crippen LogP contribution in [-0.2, 0) is 23.3 Å². The Morgan fingerprint density at radius 2 is 1.10 bits per heavy atom. The Labute approximate surface area is 283 Å². The van der Waals surface area contributed by atoms with Gasteiger partial charge in [0.2, 0.25) is 0 Å². The van der Waals surface area contributed by atoms with E-state index in [9.17, 15) is 0 Å². The number of fused-ring (bicyclic) bond motifs is 1. The predicted octanol–water partition coefficient (Wildman–Crippen LogP) is 11.6. The minimum absolute atomic E-state index is 0. The van der Waals surface area contributed by atoms with Gasteiger partial charge in [-0.25, -0.2) is 5.57 Å². The van der Waals surface area contributed by atoms with Crippen LogP contribution in [-0.4, -0.2) is 6.88 Å². The van der Waals surface area contributed by atoms with Crippen LogP contribution in [0.5, 0.6) is 0 Å². The van der Waals surface area contributed by atoms with Crippen molar-refractivity contribution in [3.63, 3.8) is 0 Å². The quantitative estimate of drug-likeness (QED) is 0.131. The maximum absolute atomic E-state index is 3.36. The summed E-state index contributed by atoms with van der Waals surface area (Å²) in [5.41, 5.74) is 11.8. The van der Waals surface area contributed by atoms with Crippen molar-refractivity contribution < 1.29 is 23.3 Å². The van der Waals surface area contributed by atoms with Crippen LogP contribution in [0.3, 0.4) is 0 Å². The summed E-state index contributed by atoms with van der Waals surface area (Å²) < 4.78 is 0. The van der Waals surface area contributed by atoms with Crippen molar-refractivity contribution in [1.82, 2.24) is 0 Å². The van der Waals surface area contributed by atoms with Crippen molar-refractivity contribution in [1.29, 1.82) is 0 Å². The van der Waals surface area contributed by atoms with Crippen LogP contribution in [0.1, 0.15) is 27.7 Å². The van der Waals surface area contributed by atoms with Gasteiger partial charge in [0, 0.05) is 0 Å². The minimum Gasteiger partial charge on any atom is -0.150 e. The Morgan fingerprint density at radius 1 is 0.643 bits per heavy atom. The van der Waals surface area contributed by atoms with Gasteiger partial charge in [0.15, 0.2) is 0 Å². The molecule has 0 saturated heterocycles. The molecular formula is C38H40Cl2SiZr-4. The topological polar surface area (TPSA) is 0 Å². The fourth-order valence-corrected chi connectivity index (χ4v) is 4.94. The molecule has 1 atom stereocenters. The summed E-state index contributed by atoms with van der Waals surface area (Å²) in [6.07, 6.45) is 3.36. The van der Waals surface area contributed by atoms with Crippen molar-refractivity contribution in [2.75, 3.05) is 0 Å². The Hall–Kier alpha value is -2.35. The van der Waals surface area contributed by atoms with E-state index in [-0.39, 0.29) is 39.7 Å². The third-order valence-electron chi connectivity index (χ3n) is 7.38. The SMILES string of the molecule is CC1=[C-]C(C)C(C)=C1C.Cl.Cl.[CH3-].[CH3-].[Si]=[Zr].c1ccc(-c2cc(-c3ccccc3)cc(-c3c[cH-]c4ccccc34)c2)cc1. The van der Waals surface area contributed by atoms with Crippen LogP contribution >= 0.6 is 24.8 Å². The smallest absolute Gasteiger partial charge is 0.0180 e. The second-order valence-corrected chi connectivity index (χ2v) is 9.66. The maximum Gasteiger partial charge on any atom is -0.0180 e. The third-order valence-corrected chi connectivity index (χ3v) is 7.38. The van der Waals surface area contributed by atoms with Gasteiger partial charge in [-0.3, -0.25) is 6.08 Å². The average molecular weight is 687 g/mol. The summed E-state index contributed by atoms with van der Waals surface area (Å²) in [5.74, 6) is 0.560. The molecule has 5 aromatic rings. The molecule has 0 bridgehead atoms. The van der Waals surface area contributed by atoms with Gasteiger partial charge in [0.05, 0.1) is 0 Å². The second kappa shape index (κ2) is 19.0. The first-order valence-corrected chi connectivity index (χ1v) is 17.1. The second-order valence-electron chi connectivity index (χ2n) is 9.66. The molecule has 4 heteroatoms. The molecule has 6 rings (SSSR count). The molecule has 0 spiro atoms. The van der Waals surface area contributed by atoms with Gasteiger partial charge in [0.25, 0.3) is 0 Å². The first-order chi connectivity index (χ1) is 18.5. The van der Waals surface area contributed by atoms with E-state index in [1.165, 1.54) is 84.2 Å². The van der Waals surface area contributed by atoms with Gasteiger partial charge >= 0.3 is 30.2 Å². The summed E-state index contributed by atoms with van der Waals surface area (Å²) >= 11 is 1.36. The van der Waals surface area contributed by atoms with Crippen LogP contribution in [0.4, 0.5) is 0 Å². The van der Waals surface area contributed by atoms with Crippen LogP contribution in [0.2, 0.25) is 0 Å². The molecule has 1 unspecified atom stereocenters. The molecule has 0 amide bonds. The Kier molecular flexibility index (Phi) is 18.0. The average Bonchev–Trinajstić information content (AvgIpc) is 3.51.